The van der Waals surface area contributed by atoms with Gasteiger partial charge >= 0.3 is 0 Å². The number of nitrogens with one attached hydrogen (secondary N) is 3. The zero-order chi connectivity index (χ0) is 15.6. The van der Waals surface area contributed by atoms with Gasteiger partial charge in [-0.25, -0.2) is 4.98 Å². The minimum atomic E-state index is -0.0798. The van der Waals surface area contributed by atoms with Crippen LogP contribution in [0.2, 0.25) is 0 Å². The number of H-pyrrole nitrogens is 1. The van der Waals surface area contributed by atoms with Crippen molar-refractivity contribution in [2.75, 3.05) is 11.9 Å². The molecule has 116 valence electrons. The predicted molar refractivity (Wildman–Crippen MR) is 89.5 cm³/mol. The number of amides is 1. The largest absolute Gasteiger partial charge is 0.357 e. The summed E-state index contributed by atoms with van der Waals surface area (Å²) in [4.78, 5) is 17.2. The number of hydrogen-bond donors (Lipinski definition) is 3. The van der Waals surface area contributed by atoms with Crippen molar-refractivity contribution in [2.45, 2.75) is 13.0 Å². The Balaban J connectivity index is 1.52. The number of nitrogens with zero attached hydrogens (tertiary/aromatic N) is 2. The van der Waals surface area contributed by atoms with Crippen LogP contribution in [0.3, 0.4) is 0 Å². The molecule has 3 aromatic rings. The molecule has 3 N–H and O–H groups in total. The fourth-order valence-corrected chi connectivity index (χ4v) is 3.57. The summed E-state index contributed by atoms with van der Waals surface area (Å²) in [6.07, 6.45) is 2.66. The second kappa shape index (κ2) is 5.85. The van der Waals surface area contributed by atoms with Crippen LogP contribution in [0.1, 0.15) is 20.9 Å². The van der Waals surface area contributed by atoms with Gasteiger partial charge in [-0.05, 0) is 5.56 Å². The van der Waals surface area contributed by atoms with Gasteiger partial charge in [-0.15, -0.1) is 11.3 Å². The van der Waals surface area contributed by atoms with Crippen LogP contribution in [0, 0.1) is 0 Å². The van der Waals surface area contributed by atoms with Crippen molar-refractivity contribution in [3.8, 4) is 11.3 Å². The average molecular weight is 325 g/mol. The van der Waals surface area contributed by atoms with E-state index in [0.29, 0.717) is 18.8 Å². The molecule has 0 bridgehead atoms. The molecular weight excluding hydrogens is 310 g/mol. The van der Waals surface area contributed by atoms with E-state index in [2.05, 4.69) is 25.8 Å². The summed E-state index contributed by atoms with van der Waals surface area (Å²) in [5.74, 6) is -0.0798. The van der Waals surface area contributed by atoms with Gasteiger partial charge in [0.15, 0.2) is 5.13 Å². The third kappa shape index (κ3) is 2.70. The molecule has 1 aliphatic rings. The van der Waals surface area contributed by atoms with Gasteiger partial charge < -0.3 is 10.6 Å². The maximum atomic E-state index is 11.8. The summed E-state index contributed by atoms with van der Waals surface area (Å²) in [5.41, 5.74) is 3.71. The quantitative estimate of drug-likeness (QED) is 0.688. The number of thiazole rings is 1. The first-order chi connectivity index (χ1) is 11.3. The third-order valence-electron chi connectivity index (χ3n) is 3.76. The molecule has 1 aliphatic heterocycles. The summed E-state index contributed by atoms with van der Waals surface area (Å²) in [6.45, 7) is 1.29. The van der Waals surface area contributed by atoms with Crippen molar-refractivity contribution in [2.24, 2.45) is 0 Å². The number of anilines is 1. The van der Waals surface area contributed by atoms with E-state index in [-0.39, 0.29) is 5.91 Å². The van der Waals surface area contributed by atoms with Crippen LogP contribution in [0.4, 0.5) is 5.13 Å². The van der Waals surface area contributed by atoms with Crippen molar-refractivity contribution in [1.29, 1.82) is 0 Å². The fraction of sp³-hybridized carbons (Fsp3) is 0.188. The Kier molecular flexibility index (Phi) is 3.55. The lowest BCUT2D eigenvalue weighted by molar-refractivity contribution is 0.0942. The number of benzene rings is 1. The van der Waals surface area contributed by atoms with Gasteiger partial charge in [-0.3, -0.25) is 9.89 Å². The van der Waals surface area contributed by atoms with E-state index >= 15 is 0 Å². The molecule has 0 unspecified atom stereocenters. The van der Waals surface area contributed by atoms with Crippen molar-refractivity contribution in [3.63, 3.8) is 0 Å². The molecule has 1 amide bonds. The second-order valence-electron chi connectivity index (χ2n) is 5.29. The monoisotopic (exact) mass is 325 g/mol. The Labute approximate surface area is 137 Å². The Bertz CT molecular complexity index is 839. The van der Waals surface area contributed by atoms with Crippen LogP contribution in [0.5, 0.6) is 0 Å². The number of rotatable bonds is 4. The van der Waals surface area contributed by atoms with Crippen molar-refractivity contribution in [3.05, 3.63) is 52.7 Å². The molecule has 0 aliphatic carbocycles. The van der Waals surface area contributed by atoms with Crippen LogP contribution >= 0.6 is 11.3 Å². The summed E-state index contributed by atoms with van der Waals surface area (Å²) in [6, 6.07) is 10.1. The van der Waals surface area contributed by atoms with Gasteiger partial charge in [0.2, 0.25) is 0 Å². The van der Waals surface area contributed by atoms with E-state index in [9.17, 15) is 4.79 Å². The fourth-order valence-electron chi connectivity index (χ4n) is 2.62. The lowest BCUT2D eigenvalue weighted by Gasteiger charge is -2.09. The standard InChI is InChI=1S/C16H15N5OS/c22-15-14-12(6-7-17-15)23-16(20-14)18-8-11-9-19-21-13(11)10-4-2-1-3-5-10/h1-5,9H,6-8H2,(H,17,22)(H,18,20)(H,19,21). The number of hydrogen-bond acceptors (Lipinski definition) is 5. The predicted octanol–water partition coefficient (Wildman–Crippen LogP) is 2.43. The summed E-state index contributed by atoms with van der Waals surface area (Å²) in [5, 5.41) is 14.1. The van der Waals surface area contributed by atoms with Gasteiger partial charge in [-0.2, -0.15) is 5.10 Å². The zero-order valence-electron chi connectivity index (χ0n) is 12.3. The lowest BCUT2D eigenvalue weighted by atomic mass is 10.1. The highest BCUT2D eigenvalue weighted by Crippen LogP contribution is 2.27. The van der Waals surface area contributed by atoms with E-state index in [1.54, 1.807) is 11.3 Å². The first-order valence-electron chi connectivity index (χ1n) is 7.40. The van der Waals surface area contributed by atoms with Crippen LogP contribution in [0.25, 0.3) is 11.3 Å². The maximum absolute atomic E-state index is 11.8. The van der Waals surface area contributed by atoms with Crippen LogP contribution in [0.15, 0.2) is 36.5 Å². The highest BCUT2D eigenvalue weighted by molar-refractivity contribution is 7.15. The Morgan fingerprint density at radius 2 is 2.13 bits per heavy atom. The maximum Gasteiger partial charge on any atom is 0.271 e. The Morgan fingerprint density at radius 1 is 1.26 bits per heavy atom. The average Bonchev–Trinajstić information content (AvgIpc) is 3.21. The minimum absolute atomic E-state index is 0.0798. The van der Waals surface area contributed by atoms with E-state index in [1.807, 2.05) is 36.5 Å². The minimum Gasteiger partial charge on any atom is -0.357 e. The number of aromatic amines is 1. The number of carbonyl (C=O) groups excluding carboxylic acids is 1. The molecule has 4 rings (SSSR count). The molecule has 23 heavy (non-hydrogen) atoms. The molecule has 0 atom stereocenters. The molecule has 0 radical (unpaired) electrons. The van der Waals surface area contributed by atoms with Gasteiger partial charge in [0.25, 0.3) is 5.91 Å². The van der Waals surface area contributed by atoms with Gasteiger partial charge in [-0.1, -0.05) is 30.3 Å². The Hall–Kier alpha value is -2.67. The number of fused-ring (bicyclic) bond motifs is 1. The third-order valence-corrected chi connectivity index (χ3v) is 4.83. The highest BCUT2D eigenvalue weighted by atomic mass is 32.1. The van der Waals surface area contributed by atoms with Crippen molar-refractivity contribution < 1.29 is 4.79 Å². The molecule has 0 spiro atoms. The Morgan fingerprint density at radius 3 is 2.96 bits per heavy atom. The van der Waals surface area contributed by atoms with E-state index in [4.69, 9.17) is 0 Å². The van der Waals surface area contributed by atoms with E-state index in [0.717, 1.165) is 33.3 Å². The van der Waals surface area contributed by atoms with Crippen LogP contribution in [-0.4, -0.2) is 27.6 Å². The molecule has 1 aromatic carbocycles. The molecule has 7 heteroatoms. The van der Waals surface area contributed by atoms with Gasteiger partial charge in [0.1, 0.15) is 5.69 Å². The molecular formula is C16H15N5OS. The zero-order valence-corrected chi connectivity index (χ0v) is 13.1. The molecule has 0 fully saturated rings. The smallest absolute Gasteiger partial charge is 0.271 e. The second-order valence-corrected chi connectivity index (χ2v) is 6.37. The first kappa shape index (κ1) is 14.0. The molecule has 2 aromatic heterocycles. The summed E-state index contributed by atoms with van der Waals surface area (Å²) >= 11 is 1.55. The van der Waals surface area contributed by atoms with E-state index in [1.165, 1.54) is 0 Å². The van der Waals surface area contributed by atoms with Crippen molar-refractivity contribution >= 4 is 22.4 Å². The SMILES string of the molecule is O=C1NCCc2sc(NCc3cn[nH]c3-c3ccccc3)nc21. The summed E-state index contributed by atoms with van der Waals surface area (Å²) < 4.78 is 0. The summed E-state index contributed by atoms with van der Waals surface area (Å²) in [7, 11) is 0. The van der Waals surface area contributed by atoms with Crippen LogP contribution in [-0.2, 0) is 13.0 Å². The topological polar surface area (TPSA) is 82.7 Å². The molecule has 3 heterocycles. The molecule has 0 saturated heterocycles. The normalized spacial score (nSPS) is 13.5. The number of aromatic nitrogens is 3. The van der Waals surface area contributed by atoms with E-state index < -0.39 is 0 Å². The first-order valence-corrected chi connectivity index (χ1v) is 8.22. The highest BCUT2D eigenvalue weighted by Gasteiger charge is 2.21. The molecule has 0 saturated carbocycles. The van der Waals surface area contributed by atoms with Crippen molar-refractivity contribution in [1.82, 2.24) is 20.5 Å². The van der Waals surface area contributed by atoms with Gasteiger partial charge in [0.05, 0.1) is 11.9 Å². The van der Waals surface area contributed by atoms with Crippen LogP contribution < -0.4 is 10.6 Å². The van der Waals surface area contributed by atoms with Gasteiger partial charge in [0, 0.05) is 30.0 Å². The lowest BCUT2D eigenvalue weighted by Crippen LogP contribution is -2.31. The number of carbonyl (C=O) groups is 1. The molecule has 6 nitrogen and oxygen atoms in total.